The third-order valence-corrected chi connectivity index (χ3v) is 11.7. The molecule has 8 aromatic carbocycles. The summed E-state index contributed by atoms with van der Waals surface area (Å²) in [6.07, 6.45) is 0. The maximum Gasteiger partial charge on any atom is 0.166 e. The van der Waals surface area contributed by atoms with Crippen molar-refractivity contribution < 1.29 is 0 Å². The Morgan fingerprint density at radius 3 is 1.75 bits per heavy atom. The van der Waals surface area contributed by atoms with Crippen LogP contribution in [0.2, 0.25) is 0 Å². The quantitative estimate of drug-likeness (QED) is 0.178. The minimum atomic E-state index is -0.154. The molecule has 4 heteroatoms. The van der Waals surface area contributed by atoms with E-state index >= 15 is 0 Å². The van der Waals surface area contributed by atoms with Gasteiger partial charge in [-0.1, -0.05) is 166 Å². The van der Waals surface area contributed by atoms with Crippen molar-refractivity contribution in [1.29, 1.82) is 0 Å². The van der Waals surface area contributed by atoms with Gasteiger partial charge in [0.1, 0.15) is 0 Å². The third-order valence-electron chi connectivity index (χ3n) is 11.7. The van der Waals surface area contributed by atoms with Crippen LogP contribution in [0.5, 0.6) is 0 Å². The normalized spacial score (nSPS) is 13.0. The zero-order chi connectivity index (χ0) is 37.4. The Morgan fingerprint density at radius 2 is 0.982 bits per heavy atom. The van der Waals surface area contributed by atoms with E-state index in [0.717, 1.165) is 39.0 Å². The fourth-order valence-electron chi connectivity index (χ4n) is 8.90. The predicted octanol–water partition coefficient (Wildman–Crippen LogP) is 13.1. The first kappa shape index (κ1) is 32.3. The molecule has 0 fully saturated rings. The van der Waals surface area contributed by atoms with Gasteiger partial charge >= 0.3 is 0 Å². The number of aromatic nitrogens is 4. The van der Waals surface area contributed by atoms with Crippen molar-refractivity contribution in [3.63, 3.8) is 0 Å². The molecule has 2 heterocycles. The van der Waals surface area contributed by atoms with Crippen molar-refractivity contribution in [1.82, 2.24) is 19.5 Å². The maximum atomic E-state index is 5.25. The lowest BCUT2D eigenvalue weighted by Gasteiger charge is -2.22. The molecule has 1 aliphatic carbocycles. The van der Waals surface area contributed by atoms with Gasteiger partial charge in [-0.05, 0) is 74.5 Å². The van der Waals surface area contributed by atoms with Gasteiger partial charge in [-0.15, -0.1) is 0 Å². The number of benzene rings is 8. The van der Waals surface area contributed by atoms with Crippen LogP contribution in [-0.2, 0) is 5.41 Å². The molecular formula is C52H36N4. The summed E-state index contributed by atoms with van der Waals surface area (Å²) >= 11 is 0. The van der Waals surface area contributed by atoms with Crippen molar-refractivity contribution in [2.75, 3.05) is 0 Å². The highest BCUT2D eigenvalue weighted by molar-refractivity contribution is 6.12. The Kier molecular flexibility index (Phi) is 7.17. The highest BCUT2D eigenvalue weighted by Gasteiger charge is 2.36. The van der Waals surface area contributed by atoms with Crippen molar-refractivity contribution >= 4 is 32.6 Å². The van der Waals surface area contributed by atoms with E-state index in [0.29, 0.717) is 17.5 Å². The molecule has 2 aromatic heterocycles. The summed E-state index contributed by atoms with van der Waals surface area (Å²) in [6, 6.07) is 64.9. The Hall–Kier alpha value is -7.17. The van der Waals surface area contributed by atoms with Gasteiger partial charge in [0, 0.05) is 32.9 Å². The summed E-state index contributed by atoms with van der Waals surface area (Å²) in [5.41, 5.74) is 13.6. The smallest absolute Gasteiger partial charge is 0.166 e. The molecule has 4 nitrogen and oxygen atoms in total. The lowest BCUT2D eigenvalue weighted by molar-refractivity contribution is 0.661. The minimum Gasteiger partial charge on any atom is -0.308 e. The van der Waals surface area contributed by atoms with Crippen LogP contribution in [0.25, 0.3) is 94.7 Å². The average molecular weight is 717 g/mol. The van der Waals surface area contributed by atoms with Crippen LogP contribution in [0.1, 0.15) is 25.0 Å². The molecule has 0 spiro atoms. The summed E-state index contributed by atoms with van der Waals surface area (Å²) in [6.45, 7) is 4.70. The summed E-state index contributed by atoms with van der Waals surface area (Å²) in [5, 5.41) is 4.85. The lowest BCUT2D eigenvalue weighted by atomic mass is 9.82. The molecule has 1 aliphatic rings. The third kappa shape index (κ3) is 4.96. The molecule has 0 saturated heterocycles. The van der Waals surface area contributed by atoms with E-state index in [9.17, 15) is 0 Å². The number of nitrogens with zero attached hydrogens (tertiary/aromatic N) is 4. The molecule has 56 heavy (non-hydrogen) atoms. The summed E-state index contributed by atoms with van der Waals surface area (Å²) < 4.78 is 2.45. The Morgan fingerprint density at radius 1 is 0.375 bits per heavy atom. The van der Waals surface area contributed by atoms with Gasteiger partial charge in [-0.2, -0.15) is 0 Å². The largest absolute Gasteiger partial charge is 0.308 e. The average Bonchev–Trinajstić information content (AvgIpc) is 3.70. The maximum absolute atomic E-state index is 5.25. The second-order valence-corrected chi connectivity index (χ2v) is 15.2. The van der Waals surface area contributed by atoms with Crippen molar-refractivity contribution in [2.45, 2.75) is 19.3 Å². The Labute approximate surface area is 325 Å². The van der Waals surface area contributed by atoms with Crippen LogP contribution in [0.15, 0.2) is 182 Å². The zero-order valence-corrected chi connectivity index (χ0v) is 31.1. The fourth-order valence-corrected chi connectivity index (χ4v) is 8.90. The first-order chi connectivity index (χ1) is 27.5. The van der Waals surface area contributed by atoms with Crippen LogP contribution in [0.3, 0.4) is 0 Å². The second kappa shape index (κ2) is 12.4. The highest BCUT2D eigenvalue weighted by atomic mass is 15.1. The van der Waals surface area contributed by atoms with E-state index in [1.807, 2.05) is 36.4 Å². The molecule has 0 unspecified atom stereocenters. The Bertz CT molecular complexity index is 3100. The van der Waals surface area contributed by atoms with Gasteiger partial charge in [0.2, 0.25) is 0 Å². The summed E-state index contributed by atoms with van der Waals surface area (Å²) in [5.74, 6) is 1.90. The van der Waals surface area contributed by atoms with Crippen LogP contribution in [0, 0.1) is 0 Å². The Balaban J connectivity index is 1.24. The molecule has 264 valence electrons. The molecule has 10 aromatic rings. The predicted molar refractivity (Wildman–Crippen MR) is 231 cm³/mol. The molecule has 0 aliphatic heterocycles. The van der Waals surface area contributed by atoms with Crippen LogP contribution < -0.4 is 0 Å². The van der Waals surface area contributed by atoms with Crippen LogP contribution in [-0.4, -0.2) is 19.5 Å². The number of hydrogen-bond donors (Lipinski definition) is 0. The second-order valence-electron chi connectivity index (χ2n) is 15.2. The number of hydrogen-bond acceptors (Lipinski definition) is 3. The molecule has 11 rings (SSSR count). The summed E-state index contributed by atoms with van der Waals surface area (Å²) in [4.78, 5) is 15.5. The van der Waals surface area contributed by atoms with Crippen molar-refractivity contribution in [3.8, 4) is 62.1 Å². The molecule has 0 saturated carbocycles. The molecule has 0 bridgehead atoms. The van der Waals surface area contributed by atoms with Gasteiger partial charge in [-0.3, -0.25) is 0 Å². The topological polar surface area (TPSA) is 43.6 Å². The molecule has 0 amide bonds. The first-order valence-electron chi connectivity index (χ1n) is 19.2. The summed E-state index contributed by atoms with van der Waals surface area (Å²) in [7, 11) is 0. The number of fused-ring (bicyclic) bond motifs is 7. The number of rotatable bonds is 5. The number of para-hydroxylation sites is 1. The van der Waals surface area contributed by atoms with E-state index < -0.39 is 0 Å². The van der Waals surface area contributed by atoms with Crippen LogP contribution >= 0.6 is 0 Å². The van der Waals surface area contributed by atoms with E-state index in [1.165, 1.54) is 49.4 Å². The molecule has 0 radical (unpaired) electrons. The van der Waals surface area contributed by atoms with Crippen molar-refractivity contribution in [3.05, 3.63) is 193 Å². The highest BCUT2D eigenvalue weighted by Crippen LogP contribution is 2.51. The van der Waals surface area contributed by atoms with E-state index in [2.05, 4.69) is 164 Å². The van der Waals surface area contributed by atoms with Gasteiger partial charge < -0.3 is 4.57 Å². The van der Waals surface area contributed by atoms with E-state index in [-0.39, 0.29) is 5.41 Å². The van der Waals surface area contributed by atoms with E-state index in [1.54, 1.807) is 0 Å². The van der Waals surface area contributed by atoms with Crippen molar-refractivity contribution in [2.24, 2.45) is 0 Å². The SMILES string of the molecule is CC1(C)c2ccccc2-c2cc3c4ccccc4n(-c4cc(-c5cccc6ccccc56)ccc4-c4nc(-c5ccccc5)nc(-c5ccccc5)n4)c3cc21. The standard InChI is InChI=1S/C52H36N4/c1-52(2)44-26-13-11-23-39(44)42-31-43-40-24-12-14-27-46(40)56(48(43)32-45(42)52)47-30-36(38-25-15-21-33-16-9-10-22-37(33)38)28-29-41(47)51-54-49(34-17-5-3-6-18-34)53-50(55-51)35-19-7-4-8-20-35/h3-32H,1-2H3. The van der Waals surface area contributed by atoms with Gasteiger partial charge in [0.05, 0.1) is 16.7 Å². The monoisotopic (exact) mass is 716 g/mol. The fraction of sp³-hybridized carbons (Fsp3) is 0.0577. The first-order valence-corrected chi connectivity index (χ1v) is 19.2. The van der Waals surface area contributed by atoms with Gasteiger partial charge in [-0.25, -0.2) is 15.0 Å². The van der Waals surface area contributed by atoms with Gasteiger partial charge in [0.25, 0.3) is 0 Å². The molecule has 0 N–H and O–H groups in total. The van der Waals surface area contributed by atoms with Gasteiger partial charge in [0.15, 0.2) is 17.5 Å². The van der Waals surface area contributed by atoms with Crippen LogP contribution in [0.4, 0.5) is 0 Å². The molecule has 0 atom stereocenters. The van der Waals surface area contributed by atoms with E-state index in [4.69, 9.17) is 15.0 Å². The zero-order valence-electron chi connectivity index (χ0n) is 31.1. The lowest BCUT2D eigenvalue weighted by Crippen LogP contribution is -2.15. The molecular weight excluding hydrogens is 681 g/mol. The minimum absolute atomic E-state index is 0.154.